The Labute approximate surface area is 141 Å². The minimum atomic E-state index is -0.394. The molecule has 23 heavy (non-hydrogen) atoms. The van der Waals surface area contributed by atoms with E-state index in [0.29, 0.717) is 11.7 Å². The third kappa shape index (κ3) is 5.03. The number of non-ortho nitro benzene ring substituents is 1. The number of thiocarbonyl (C=S) groups is 1. The van der Waals surface area contributed by atoms with Crippen molar-refractivity contribution in [3.63, 3.8) is 0 Å². The largest absolute Gasteiger partial charge is 0.345 e. The zero-order valence-electron chi connectivity index (χ0n) is 12.9. The summed E-state index contributed by atoms with van der Waals surface area (Å²) in [5.74, 6) is 0. The van der Waals surface area contributed by atoms with Crippen LogP contribution in [-0.2, 0) is 6.54 Å². The van der Waals surface area contributed by atoms with Crippen LogP contribution in [0.2, 0.25) is 0 Å². The Kier molecular flexibility index (Phi) is 6.05. The molecule has 0 unspecified atom stereocenters. The number of para-hydroxylation sites is 1. The predicted molar refractivity (Wildman–Crippen MR) is 96.5 cm³/mol. The van der Waals surface area contributed by atoms with Gasteiger partial charge in [-0.2, -0.15) is 0 Å². The number of nitrogens with one attached hydrogen (secondary N) is 1. The Morgan fingerprint density at radius 3 is 2.39 bits per heavy atom. The Bertz CT molecular complexity index is 659. The molecule has 0 heterocycles. The fraction of sp³-hybridized carbons (Fsp3) is 0.235. The Morgan fingerprint density at radius 2 is 1.83 bits per heavy atom. The molecule has 0 saturated heterocycles. The Balaban J connectivity index is 2.05. The lowest BCUT2D eigenvalue weighted by molar-refractivity contribution is -0.384. The van der Waals surface area contributed by atoms with Gasteiger partial charge in [0.15, 0.2) is 5.11 Å². The van der Waals surface area contributed by atoms with Gasteiger partial charge in [0.05, 0.1) is 4.92 Å². The molecule has 2 aromatic rings. The van der Waals surface area contributed by atoms with Crippen molar-refractivity contribution >= 4 is 28.7 Å². The maximum Gasteiger partial charge on any atom is 0.269 e. The number of rotatable bonds is 6. The van der Waals surface area contributed by atoms with Crippen molar-refractivity contribution in [2.45, 2.75) is 19.9 Å². The van der Waals surface area contributed by atoms with Crippen molar-refractivity contribution in [1.82, 2.24) is 4.90 Å². The lowest BCUT2D eigenvalue weighted by atomic mass is 10.2. The molecule has 0 saturated carbocycles. The molecule has 0 aliphatic heterocycles. The number of anilines is 1. The number of hydrogen-bond donors (Lipinski definition) is 1. The van der Waals surface area contributed by atoms with Crippen molar-refractivity contribution < 1.29 is 4.92 Å². The minimum absolute atomic E-state index is 0.0979. The van der Waals surface area contributed by atoms with E-state index >= 15 is 0 Å². The first-order valence-corrected chi connectivity index (χ1v) is 7.85. The van der Waals surface area contributed by atoms with E-state index in [4.69, 9.17) is 12.2 Å². The number of benzene rings is 2. The molecule has 0 amide bonds. The van der Waals surface area contributed by atoms with Gasteiger partial charge >= 0.3 is 0 Å². The first kappa shape index (κ1) is 16.9. The molecule has 2 aromatic carbocycles. The van der Waals surface area contributed by atoms with Crippen LogP contribution in [0, 0.1) is 10.1 Å². The van der Waals surface area contributed by atoms with Crippen molar-refractivity contribution in [3.05, 3.63) is 70.3 Å². The molecule has 5 nitrogen and oxygen atoms in total. The molecule has 0 radical (unpaired) electrons. The molecule has 2 rings (SSSR count). The van der Waals surface area contributed by atoms with Crippen molar-refractivity contribution in [3.8, 4) is 0 Å². The molecule has 1 N–H and O–H groups in total. The fourth-order valence-corrected chi connectivity index (χ4v) is 2.46. The fourth-order valence-electron chi connectivity index (χ4n) is 2.19. The van der Waals surface area contributed by atoms with E-state index in [1.165, 1.54) is 12.1 Å². The van der Waals surface area contributed by atoms with Crippen LogP contribution in [0.15, 0.2) is 54.6 Å². The molecule has 0 aliphatic rings. The SMILES string of the molecule is CCCN(Cc1ccc([N+](=O)[O-])cc1)C(=S)Nc1ccccc1. The molecule has 6 heteroatoms. The second-order valence-electron chi connectivity index (χ2n) is 5.14. The molecule has 0 aromatic heterocycles. The van der Waals surface area contributed by atoms with E-state index in [-0.39, 0.29) is 5.69 Å². The van der Waals surface area contributed by atoms with E-state index in [9.17, 15) is 10.1 Å². The van der Waals surface area contributed by atoms with Gasteiger partial charge in [0, 0.05) is 30.9 Å². The standard InChI is InChI=1S/C17H19N3O2S/c1-2-12-19(17(23)18-15-6-4-3-5-7-15)13-14-8-10-16(11-9-14)20(21)22/h3-11H,2,12-13H2,1H3,(H,18,23). The number of nitro benzene ring substituents is 1. The van der Waals surface area contributed by atoms with Crippen LogP contribution in [0.4, 0.5) is 11.4 Å². The lowest BCUT2D eigenvalue weighted by Crippen LogP contribution is -2.34. The average Bonchev–Trinajstić information content (AvgIpc) is 2.56. The van der Waals surface area contributed by atoms with Crippen molar-refractivity contribution in [1.29, 1.82) is 0 Å². The third-order valence-electron chi connectivity index (χ3n) is 3.33. The minimum Gasteiger partial charge on any atom is -0.345 e. The van der Waals surface area contributed by atoms with Crippen LogP contribution in [0.5, 0.6) is 0 Å². The first-order valence-electron chi connectivity index (χ1n) is 7.44. The molecule has 0 atom stereocenters. The van der Waals surface area contributed by atoms with E-state index in [1.807, 2.05) is 30.3 Å². The van der Waals surface area contributed by atoms with Crippen LogP contribution in [0.3, 0.4) is 0 Å². The third-order valence-corrected chi connectivity index (χ3v) is 3.69. The van der Waals surface area contributed by atoms with Crippen LogP contribution in [-0.4, -0.2) is 21.5 Å². The molecular weight excluding hydrogens is 310 g/mol. The number of hydrogen-bond acceptors (Lipinski definition) is 3. The van der Waals surface area contributed by atoms with Gasteiger partial charge in [0.25, 0.3) is 5.69 Å². The van der Waals surface area contributed by atoms with E-state index in [0.717, 1.165) is 24.2 Å². The smallest absolute Gasteiger partial charge is 0.269 e. The monoisotopic (exact) mass is 329 g/mol. The van der Waals surface area contributed by atoms with Gasteiger partial charge in [-0.1, -0.05) is 37.3 Å². The Hall–Kier alpha value is -2.47. The van der Waals surface area contributed by atoms with Crippen LogP contribution >= 0.6 is 12.2 Å². The molecule has 0 fully saturated rings. The summed E-state index contributed by atoms with van der Waals surface area (Å²) in [5, 5.41) is 14.6. The molecular formula is C17H19N3O2S. The highest BCUT2D eigenvalue weighted by Gasteiger charge is 2.11. The second-order valence-corrected chi connectivity index (χ2v) is 5.53. The molecule has 120 valence electrons. The second kappa shape index (κ2) is 8.24. The highest BCUT2D eigenvalue weighted by Crippen LogP contribution is 2.15. The maximum atomic E-state index is 10.7. The zero-order chi connectivity index (χ0) is 16.7. The van der Waals surface area contributed by atoms with E-state index in [1.54, 1.807) is 12.1 Å². The van der Waals surface area contributed by atoms with Gasteiger partial charge in [-0.05, 0) is 36.3 Å². The van der Waals surface area contributed by atoms with Gasteiger partial charge in [-0.15, -0.1) is 0 Å². The lowest BCUT2D eigenvalue weighted by Gasteiger charge is -2.25. The van der Waals surface area contributed by atoms with Gasteiger partial charge in [-0.25, -0.2) is 0 Å². The summed E-state index contributed by atoms with van der Waals surface area (Å²) in [6.07, 6.45) is 0.962. The summed E-state index contributed by atoms with van der Waals surface area (Å²) in [6, 6.07) is 16.4. The highest BCUT2D eigenvalue weighted by molar-refractivity contribution is 7.80. The average molecular weight is 329 g/mol. The van der Waals surface area contributed by atoms with Crippen LogP contribution in [0.25, 0.3) is 0 Å². The van der Waals surface area contributed by atoms with Crippen LogP contribution < -0.4 is 5.32 Å². The zero-order valence-corrected chi connectivity index (χ0v) is 13.8. The normalized spacial score (nSPS) is 10.1. The summed E-state index contributed by atoms with van der Waals surface area (Å²) in [7, 11) is 0. The summed E-state index contributed by atoms with van der Waals surface area (Å²) < 4.78 is 0. The van der Waals surface area contributed by atoms with E-state index < -0.39 is 4.92 Å². The van der Waals surface area contributed by atoms with Crippen molar-refractivity contribution in [2.24, 2.45) is 0 Å². The van der Waals surface area contributed by atoms with Gasteiger partial charge in [0.1, 0.15) is 0 Å². The summed E-state index contributed by atoms with van der Waals surface area (Å²) in [4.78, 5) is 12.4. The number of nitro groups is 1. The van der Waals surface area contributed by atoms with Crippen LogP contribution in [0.1, 0.15) is 18.9 Å². The quantitative estimate of drug-likeness (QED) is 0.489. The van der Waals surface area contributed by atoms with Gasteiger partial charge in [-0.3, -0.25) is 10.1 Å². The summed E-state index contributed by atoms with van der Waals surface area (Å²) in [6.45, 7) is 3.52. The summed E-state index contributed by atoms with van der Waals surface area (Å²) in [5.41, 5.74) is 2.03. The predicted octanol–water partition coefficient (Wildman–Crippen LogP) is 4.20. The van der Waals surface area contributed by atoms with Crippen molar-refractivity contribution in [2.75, 3.05) is 11.9 Å². The van der Waals surface area contributed by atoms with E-state index in [2.05, 4.69) is 17.1 Å². The first-order chi connectivity index (χ1) is 11.1. The Morgan fingerprint density at radius 1 is 1.17 bits per heavy atom. The maximum absolute atomic E-state index is 10.7. The van der Waals surface area contributed by atoms with Gasteiger partial charge in [0.2, 0.25) is 0 Å². The molecule has 0 spiro atoms. The molecule has 0 bridgehead atoms. The molecule has 0 aliphatic carbocycles. The van der Waals surface area contributed by atoms with Gasteiger partial charge < -0.3 is 10.2 Å². The topological polar surface area (TPSA) is 58.4 Å². The summed E-state index contributed by atoms with van der Waals surface area (Å²) >= 11 is 5.50. The highest BCUT2D eigenvalue weighted by atomic mass is 32.1. The number of nitrogens with zero attached hydrogens (tertiary/aromatic N) is 2.